The number of amides is 1. The Morgan fingerprint density at radius 2 is 1.87 bits per heavy atom. The number of carboxylic acid groups (broad SMARTS) is 1. The van der Waals surface area contributed by atoms with E-state index in [9.17, 15) is 43.8 Å². The highest BCUT2D eigenvalue weighted by atomic mass is 31.3. The summed E-state index contributed by atoms with van der Waals surface area (Å²) in [5, 5.41) is 30.0. The van der Waals surface area contributed by atoms with Crippen molar-refractivity contribution in [2.24, 2.45) is 0 Å². The summed E-state index contributed by atoms with van der Waals surface area (Å²) in [5.74, 6) is -0.250. The van der Waals surface area contributed by atoms with Crippen molar-refractivity contribution in [3.05, 3.63) is 16.7 Å². The third-order valence-corrected chi connectivity index (χ3v) is 7.92. The van der Waals surface area contributed by atoms with E-state index in [-0.39, 0.29) is 23.7 Å². The molecule has 0 spiro atoms. The number of fused-ring (bicyclic) bond motifs is 1. The predicted molar refractivity (Wildman–Crippen MR) is 126 cm³/mol. The van der Waals surface area contributed by atoms with Crippen LogP contribution in [0.15, 0.2) is 11.1 Å². The second-order valence-corrected chi connectivity index (χ2v) is 12.1. The molecular formula is C17H28N6O13P2. The number of nitrogens with one attached hydrogen (secondary N) is 1. The molecule has 21 heteroatoms. The molecule has 1 saturated heterocycles. The van der Waals surface area contributed by atoms with Crippen molar-refractivity contribution in [3.8, 4) is 0 Å². The second-order valence-electron chi connectivity index (χ2n) is 9.07. The van der Waals surface area contributed by atoms with Gasteiger partial charge in [0.05, 0.1) is 19.5 Å². The maximum absolute atomic E-state index is 12.2. The first kappa shape index (κ1) is 30.1. The van der Waals surface area contributed by atoms with Crippen molar-refractivity contribution < 1.29 is 57.1 Å². The Labute approximate surface area is 214 Å². The number of phosphoric acid groups is 2. The van der Waals surface area contributed by atoms with Crippen molar-refractivity contribution in [2.75, 3.05) is 25.5 Å². The van der Waals surface area contributed by atoms with Gasteiger partial charge in [-0.3, -0.25) is 23.4 Å². The van der Waals surface area contributed by atoms with Crippen LogP contribution in [0.5, 0.6) is 0 Å². The number of phosphoric ester groups is 2. The van der Waals surface area contributed by atoms with Crippen LogP contribution in [0.3, 0.4) is 0 Å². The molecule has 0 aromatic carbocycles. The molecule has 2 aromatic heterocycles. The van der Waals surface area contributed by atoms with Gasteiger partial charge >= 0.3 is 21.7 Å². The summed E-state index contributed by atoms with van der Waals surface area (Å²) in [7, 11) is -10.5. The minimum atomic E-state index is -5.29. The van der Waals surface area contributed by atoms with Crippen LogP contribution < -0.4 is 11.3 Å². The van der Waals surface area contributed by atoms with Crippen LogP contribution in [0.25, 0.3) is 11.2 Å². The van der Waals surface area contributed by atoms with Gasteiger partial charge in [-0.25, -0.2) is 18.9 Å². The topological polar surface area (TPSA) is 282 Å². The molecular weight excluding hydrogens is 558 g/mol. The van der Waals surface area contributed by atoms with E-state index in [1.165, 1.54) is 0 Å². The quantitative estimate of drug-likeness (QED) is 0.170. The lowest BCUT2D eigenvalue weighted by Gasteiger charge is -2.33. The zero-order chi connectivity index (χ0) is 28.6. The van der Waals surface area contributed by atoms with E-state index < -0.39 is 70.6 Å². The van der Waals surface area contributed by atoms with Crippen molar-refractivity contribution in [1.29, 1.82) is 0 Å². The number of aromatic amines is 1. The number of aromatic nitrogens is 4. The molecule has 214 valence electrons. The summed E-state index contributed by atoms with van der Waals surface area (Å²) in [5.41, 5.74) is 3.79. The SMILES string of the molecule is CC(C)(C)N(CCOP(=O)(O)OP(=O)(O)OC[C@H]1O[C@@H](n2cnc3c(=O)[nH]c(N)nc32)[C@H](O)[C@H]1O)C(=O)O. The normalized spacial score (nSPS) is 25.2. The Bertz CT molecular complexity index is 1330. The molecule has 1 amide bonds. The maximum atomic E-state index is 12.2. The highest BCUT2D eigenvalue weighted by Crippen LogP contribution is 2.60. The molecule has 0 radical (unpaired) electrons. The van der Waals surface area contributed by atoms with Gasteiger partial charge in [0.2, 0.25) is 5.95 Å². The van der Waals surface area contributed by atoms with E-state index >= 15 is 0 Å². The van der Waals surface area contributed by atoms with Gasteiger partial charge < -0.3 is 40.5 Å². The van der Waals surface area contributed by atoms with E-state index in [1.54, 1.807) is 20.8 Å². The Hall–Kier alpha value is -2.44. The first-order chi connectivity index (χ1) is 17.4. The van der Waals surface area contributed by atoms with Gasteiger partial charge in [0.15, 0.2) is 17.4 Å². The Kier molecular flexibility index (Phi) is 8.69. The fraction of sp³-hybridized carbons (Fsp3) is 0.647. The summed E-state index contributed by atoms with van der Waals surface area (Å²) in [6, 6.07) is 0. The monoisotopic (exact) mass is 586 g/mol. The van der Waals surface area contributed by atoms with Crippen LogP contribution in [-0.4, -0.2) is 99.2 Å². The van der Waals surface area contributed by atoms with Gasteiger partial charge in [-0.05, 0) is 20.8 Å². The Morgan fingerprint density at radius 3 is 2.47 bits per heavy atom. The number of H-pyrrole nitrogens is 1. The molecule has 1 aliphatic rings. The molecule has 3 rings (SSSR count). The van der Waals surface area contributed by atoms with Crippen molar-refractivity contribution in [2.45, 2.75) is 50.8 Å². The van der Waals surface area contributed by atoms with Crippen molar-refractivity contribution in [1.82, 2.24) is 24.4 Å². The van der Waals surface area contributed by atoms with Crippen LogP contribution in [0.2, 0.25) is 0 Å². The van der Waals surface area contributed by atoms with Gasteiger partial charge in [0.1, 0.15) is 18.3 Å². The molecule has 8 N–H and O–H groups in total. The number of ether oxygens (including phenoxy) is 1. The molecule has 1 fully saturated rings. The van der Waals surface area contributed by atoms with Gasteiger partial charge in [0, 0.05) is 12.1 Å². The predicted octanol–water partition coefficient (Wildman–Crippen LogP) is -0.650. The fourth-order valence-electron chi connectivity index (χ4n) is 3.54. The lowest BCUT2D eigenvalue weighted by atomic mass is 10.1. The van der Waals surface area contributed by atoms with Crippen LogP contribution >= 0.6 is 15.6 Å². The highest BCUT2D eigenvalue weighted by molar-refractivity contribution is 7.61. The first-order valence-electron chi connectivity index (χ1n) is 10.8. The number of imidazole rings is 1. The van der Waals surface area contributed by atoms with Crippen LogP contribution in [0, 0.1) is 0 Å². The highest BCUT2D eigenvalue weighted by Gasteiger charge is 2.46. The average Bonchev–Trinajstić information content (AvgIpc) is 3.29. The second kappa shape index (κ2) is 11.0. The van der Waals surface area contributed by atoms with Gasteiger partial charge in [-0.15, -0.1) is 0 Å². The number of aliphatic hydroxyl groups excluding tert-OH is 2. The summed E-state index contributed by atoms with van der Waals surface area (Å²) >= 11 is 0. The van der Waals surface area contributed by atoms with Crippen molar-refractivity contribution >= 4 is 38.9 Å². The number of anilines is 1. The molecule has 2 unspecified atom stereocenters. The molecule has 2 aromatic rings. The van der Waals surface area contributed by atoms with E-state index in [4.69, 9.17) is 10.5 Å². The largest absolute Gasteiger partial charge is 0.481 e. The van der Waals surface area contributed by atoms with Crippen molar-refractivity contribution in [3.63, 3.8) is 0 Å². The number of rotatable bonds is 10. The zero-order valence-electron chi connectivity index (χ0n) is 20.3. The van der Waals surface area contributed by atoms with Gasteiger partial charge in [-0.1, -0.05) is 0 Å². The minimum Gasteiger partial charge on any atom is -0.465 e. The molecule has 0 aliphatic carbocycles. The van der Waals surface area contributed by atoms with Gasteiger partial charge in [-0.2, -0.15) is 9.29 Å². The summed E-state index contributed by atoms with van der Waals surface area (Å²) < 4.78 is 44.3. The van der Waals surface area contributed by atoms with E-state index in [2.05, 4.69) is 28.3 Å². The lowest BCUT2D eigenvalue weighted by Crippen LogP contribution is -2.46. The standard InChI is InChI=1S/C17H28N6O13P2/c1-17(2,3)23(16(27)28)4-5-33-37(29,30)36-38(31,32)34-6-8-10(24)11(25)14(35-8)22-7-19-9-12(22)20-15(18)21-13(9)26/h7-8,10-11,14,24-25H,4-6H2,1-3H3,(H,27,28)(H,29,30)(H,31,32)(H3,18,20,21,26)/t8-,10+,11-,14-/m1/s1. The summed E-state index contributed by atoms with van der Waals surface area (Å²) in [6.07, 6.45) is -6.38. The third-order valence-electron chi connectivity index (χ3n) is 5.28. The van der Waals surface area contributed by atoms with Crippen LogP contribution in [-0.2, 0) is 27.2 Å². The maximum Gasteiger partial charge on any atom is 0.481 e. The number of nitrogen functional groups attached to an aromatic ring is 1. The van der Waals surface area contributed by atoms with E-state index in [0.29, 0.717) is 0 Å². The van der Waals surface area contributed by atoms with E-state index in [1.807, 2.05) is 0 Å². The fourth-order valence-corrected chi connectivity index (χ4v) is 5.60. The molecule has 0 bridgehead atoms. The van der Waals surface area contributed by atoms with E-state index in [0.717, 1.165) is 15.8 Å². The molecule has 3 heterocycles. The molecule has 0 saturated carbocycles. The third kappa shape index (κ3) is 6.95. The number of hydrogen-bond acceptors (Lipinski definition) is 13. The van der Waals surface area contributed by atoms with Crippen LogP contribution in [0.1, 0.15) is 27.0 Å². The molecule has 1 aliphatic heterocycles. The minimum absolute atomic E-state index is 0.0773. The summed E-state index contributed by atoms with van der Waals surface area (Å²) in [6.45, 7) is 2.81. The zero-order valence-corrected chi connectivity index (χ0v) is 22.1. The van der Waals surface area contributed by atoms with Crippen LogP contribution in [0.4, 0.5) is 10.7 Å². The average molecular weight is 586 g/mol. The first-order valence-corrected chi connectivity index (χ1v) is 13.8. The Morgan fingerprint density at radius 1 is 1.24 bits per heavy atom. The smallest absolute Gasteiger partial charge is 0.465 e. The number of hydrogen-bond donors (Lipinski definition) is 7. The molecule has 6 atom stereocenters. The number of nitrogens with zero attached hydrogens (tertiary/aromatic N) is 4. The summed E-state index contributed by atoms with van der Waals surface area (Å²) in [4.78, 5) is 53.8. The number of aliphatic hydroxyl groups is 2. The number of carbonyl (C=O) groups is 1. The lowest BCUT2D eigenvalue weighted by molar-refractivity contribution is -0.0504. The Balaban J connectivity index is 1.60. The molecule has 19 nitrogen and oxygen atoms in total. The van der Waals surface area contributed by atoms with Gasteiger partial charge in [0.25, 0.3) is 5.56 Å². The number of nitrogens with two attached hydrogens (primary N) is 1. The molecule has 38 heavy (non-hydrogen) atoms.